The number of amides is 1. The number of rotatable bonds is 8. The molecule has 1 atom stereocenters. The van der Waals surface area contributed by atoms with Crippen molar-refractivity contribution in [3.05, 3.63) is 59.3 Å². The van der Waals surface area contributed by atoms with Crippen LogP contribution in [0.2, 0.25) is 0 Å². The minimum atomic E-state index is -0.594. The van der Waals surface area contributed by atoms with E-state index in [9.17, 15) is 9.90 Å². The number of carbonyl (C=O) groups excluding carboxylic acids is 1. The molecule has 1 unspecified atom stereocenters. The highest BCUT2D eigenvalue weighted by Gasteiger charge is 2.35. The van der Waals surface area contributed by atoms with E-state index < -0.39 is 6.04 Å². The van der Waals surface area contributed by atoms with Gasteiger partial charge in [0.2, 0.25) is 11.1 Å². The van der Waals surface area contributed by atoms with Crippen molar-refractivity contribution >= 4 is 29.3 Å². The van der Waals surface area contributed by atoms with E-state index in [1.807, 2.05) is 39.0 Å². The number of thioether (sulfide) groups is 1. The van der Waals surface area contributed by atoms with Gasteiger partial charge in [-0.1, -0.05) is 36.9 Å². The smallest absolute Gasteiger partial charge is 0.255 e. The van der Waals surface area contributed by atoms with Gasteiger partial charge in [0.05, 0.1) is 25.0 Å². The molecule has 3 N–H and O–H groups in total. The Bertz CT molecular complexity index is 1240. The number of fused-ring (bicyclic) bond motifs is 1. The lowest BCUT2D eigenvalue weighted by Gasteiger charge is -2.29. The van der Waals surface area contributed by atoms with Crippen LogP contribution in [-0.4, -0.2) is 45.2 Å². The molecule has 1 amide bonds. The van der Waals surface area contributed by atoms with Crippen molar-refractivity contribution in [2.24, 2.45) is 0 Å². The number of phenolic OH excluding ortho intramolecular Hbond substituents is 1. The summed E-state index contributed by atoms with van der Waals surface area (Å²) >= 11 is 1.51. The first kappa shape index (κ1) is 23.5. The lowest BCUT2D eigenvalue weighted by molar-refractivity contribution is -0.113. The Morgan fingerprint density at radius 3 is 2.76 bits per heavy atom. The minimum Gasteiger partial charge on any atom is -0.504 e. The monoisotopic (exact) mass is 481 g/mol. The Morgan fingerprint density at radius 1 is 1.24 bits per heavy atom. The third kappa shape index (κ3) is 4.54. The Labute approximate surface area is 202 Å². The average Bonchev–Trinajstić information content (AvgIpc) is 3.22. The van der Waals surface area contributed by atoms with E-state index in [-0.39, 0.29) is 11.7 Å². The molecule has 2 aromatic carbocycles. The fourth-order valence-corrected chi connectivity index (χ4v) is 4.38. The fraction of sp³-hybridized carbons (Fsp3) is 0.292. The van der Waals surface area contributed by atoms with Crippen LogP contribution in [0.15, 0.2) is 58.9 Å². The number of ether oxygens (including phenoxy) is 2. The van der Waals surface area contributed by atoms with Crippen LogP contribution < -0.4 is 20.1 Å². The lowest BCUT2D eigenvalue weighted by Crippen LogP contribution is -2.31. The van der Waals surface area contributed by atoms with Crippen molar-refractivity contribution < 1.29 is 19.4 Å². The van der Waals surface area contributed by atoms with Crippen molar-refractivity contribution in [2.75, 3.05) is 30.1 Å². The van der Waals surface area contributed by atoms with Crippen molar-refractivity contribution in [3.63, 3.8) is 0 Å². The molecule has 9 nitrogen and oxygen atoms in total. The van der Waals surface area contributed by atoms with Gasteiger partial charge in [-0.15, -0.1) is 5.10 Å². The van der Waals surface area contributed by atoms with Gasteiger partial charge in [0.25, 0.3) is 5.91 Å². The number of hydrogen-bond donors (Lipinski definition) is 3. The van der Waals surface area contributed by atoms with Gasteiger partial charge < -0.3 is 25.2 Å². The number of anilines is 2. The number of aromatic hydroxyl groups is 1. The number of hydrogen-bond acceptors (Lipinski definition) is 8. The molecular formula is C24H27N5O4S. The number of benzene rings is 2. The molecule has 0 saturated carbocycles. The predicted octanol–water partition coefficient (Wildman–Crippen LogP) is 4.43. The van der Waals surface area contributed by atoms with Gasteiger partial charge in [-0.25, -0.2) is 4.68 Å². The van der Waals surface area contributed by atoms with E-state index >= 15 is 0 Å². The summed E-state index contributed by atoms with van der Waals surface area (Å²) in [7, 11) is 1.48. The minimum absolute atomic E-state index is 0.0126. The van der Waals surface area contributed by atoms with Gasteiger partial charge in [-0.05, 0) is 49.4 Å². The second-order valence-electron chi connectivity index (χ2n) is 7.48. The molecule has 4 rings (SSSR count). The van der Waals surface area contributed by atoms with E-state index in [1.54, 1.807) is 28.9 Å². The number of nitrogens with zero attached hydrogens (tertiary/aromatic N) is 3. The fourth-order valence-electron chi connectivity index (χ4n) is 3.83. The molecule has 1 aliphatic rings. The first-order valence-electron chi connectivity index (χ1n) is 10.9. The van der Waals surface area contributed by atoms with Crippen LogP contribution in [0.1, 0.15) is 32.4 Å². The van der Waals surface area contributed by atoms with Gasteiger partial charge in [0.1, 0.15) is 11.8 Å². The molecule has 1 aliphatic heterocycles. The highest BCUT2D eigenvalue weighted by atomic mass is 32.2. The number of methoxy groups -OCH3 is 1. The van der Waals surface area contributed by atoms with Gasteiger partial charge in [0, 0.05) is 5.70 Å². The molecule has 0 radical (unpaired) electrons. The van der Waals surface area contributed by atoms with Crippen LogP contribution >= 0.6 is 11.8 Å². The molecule has 2 heterocycles. The van der Waals surface area contributed by atoms with Crippen LogP contribution in [0.4, 0.5) is 11.6 Å². The molecule has 0 aliphatic carbocycles. The van der Waals surface area contributed by atoms with Gasteiger partial charge in [0.15, 0.2) is 11.5 Å². The number of allylic oxidation sites excluding steroid dienone is 1. The summed E-state index contributed by atoms with van der Waals surface area (Å²) in [6, 6.07) is 11.7. The van der Waals surface area contributed by atoms with Crippen LogP contribution in [0.25, 0.3) is 0 Å². The summed E-state index contributed by atoms with van der Waals surface area (Å²) in [6.45, 7) is 6.23. The standard InChI is InChI=1S/C24H27N5O4S/c1-5-33-18-10-8-7-9-16(18)26-22(31)20-14(3)25-23-27-24(34-6-2)28-29(23)21(20)15-11-12-17(30)19(13-15)32-4/h7-13,21,30H,5-6H2,1-4H3,(H,26,31)(H,25,27,28). The van der Waals surface area contributed by atoms with Gasteiger partial charge >= 0.3 is 0 Å². The Hall–Kier alpha value is -3.66. The van der Waals surface area contributed by atoms with E-state index in [4.69, 9.17) is 9.47 Å². The van der Waals surface area contributed by atoms with Crippen molar-refractivity contribution in [3.8, 4) is 17.2 Å². The van der Waals surface area contributed by atoms with E-state index in [2.05, 4.69) is 20.7 Å². The van der Waals surface area contributed by atoms with Crippen LogP contribution in [0.5, 0.6) is 17.2 Å². The maximum atomic E-state index is 13.7. The predicted molar refractivity (Wildman–Crippen MR) is 132 cm³/mol. The highest BCUT2D eigenvalue weighted by Crippen LogP contribution is 2.39. The third-order valence-electron chi connectivity index (χ3n) is 5.31. The highest BCUT2D eigenvalue weighted by molar-refractivity contribution is 7.99. The molecule has 0 saturated heterocycles. The summed E-state index contributed by atoms with van der Waals surface area (Å²) in [5.74, 6) is 1.95. The third-order valence-corrected chi connectivity index (χ3v) is 6.03. The Kier molecular flexibility index (Phi) is 6.97. The SMILES string of the molecule is CCOc1ccccc1NC(=O)C1=C(C)Nc2nc(SCC)nn2C1c1ccc(O)c(OC)c1. The summed E-state index contributed by atoms with van der Waals surface area (Å²) in [5.41, 5.74) is 2.40. The average molecular weight is 482 g/mol. The number of nitrogens with one attached hydrogen (secondary N) is 2. The maximum Gasteiger partial charge on any atom is 0.255 e. The largest absolute Gasteiger partial charge is 0.504 e. The van der Waals surface area contributed by atoms with E-state index in [1.165, 1.54) is 18.9 Å². The topological polar surface area (TPSA) is 111 Å². The molecule has 34 heavy (non-hydrogen) atoms. The zero-order chi connectivity index (χ0) is 24.2. The zero-order valence-corrected chi connectivity index (χ0v) is 20.3. The summed E-state index contributed by atoms with van der Waals surface area (Å²) < 4.78 is 12.7. The van der Waals surface area contributed by atoms with Crippen LogP contribution in [0.3, 0.4) is 0 Å². The first-order chi connectivity index (χ1) is 16.5. The molecule has 10 heteroatoms. The molecule has 0 spiro atoms. The van der Waals surface area contributed by atoms with Crippen LogP contribution in [0, 0.1) is 0 Å². The summed E-state index contributed by atoms with van der Waals surface area (Å²) in [6.07, 6.45) is 0. The zero-order valence-electron chi connectivity index (χ0n) is 19.5. The molecule has 178 valence electrons. The molecule has 3 aromatic rings. The van der Waals surface area contributed by atoms with E-state index in [0.29, 0.717) is 46.2 Å². The molecular weight excluding hydrogens is 454 g/mol. The van der Waals surface area contributed by atoms with Crippen molar-refractivity contribution in [1.82, 2.24) is 14.8 Å². The number of para-hydroxylation sites is 2. The second-order valence-corrected chi connectivity index (χ2v) is 8.71. The lowest BCUT2D eigenvalue weighted by atomic mass is 9.94. The molecule has 1 aromatic heterocycles. The number of aromatic nitrogens is 3. The Morgan fingerprint density at radius 2 is 2.03 bits per heavy atom. The second kappa shape index (κ2) is 10.1. The maximum absolute atomic E-state index is 13.7. The number of phenols is 1. The number of carbonyl (C=O) groups is 1. The first-order valence-corrected chi connectivity index (χ1v) is 11.9. The van der Waals surface area contributed by atoms with Crippen LogP contribution in [-0.2, 0) is 4.79 Å². The van der Waals surface area contributed by atoms with Gasteiger partial charge in [-0.2, -0.15) is 4.98 Å². The van der Waals surface area contributed by atoms with Crippen molar-refractivity contribution in [2.45, 2.75) is 32.0 Å². The Balaban J connectivity index is 1.80. The van der Waals surface area contributed by atoms with E-state index in [0.717, 1.165) is 11.3 Å². The van der Waals surface area contributed by atoms with Crippen molar-refractivity contribution in [1.29, 1.82) is 0 Å². The molecule has 0 bridgehead atoms. The van der Waals surface area contributed by atoms with Gasteiger partial charge in [-0.3, -0.25) is 4.79 Å². The summed E-state index contributed by atoms with van der Waals surface area (Å²) in [4.78, 5) is 18.3. The molecule has 0 fully saturated rings. The normalized spacial score (nSPS) is 14.9. The quantitative estimate of drug-likeness (QED) is 0.405. The summed E-state index contributed by atoms with van der Waals surface area (Å²) in [5, 5.41) is 21.6.